The van der Waals surface area contributed by atoms with Crippen LogP contribution in [0.1, 0.15) is 30.1 Å². The Bertz CT molecular complexity index is 867. The molecule has 0 aliphatic carbocycles. The van der Waals surface area contributed by atoms with Crippen LogP contribution in [0.2, 0.25) is 0 Å². The van der Waals surface area contributed by atoms with Gasteiger partial charge in [0, 0.05) is 40.4 Å². The Kier molecular flexibility index (Phi) is 5.58. The summed E-state index contributed by atoms with van der Waals surface area (Å²) >= 11 is 1.59. The summed E-state index contributed by atoms with van der Waals surface area (Å²) in [7, 11) is 0. The molecule has 0 spiro atoms. The highest BCUT2D eigenvalue weighted by Gasteiger charge is 2.16. The van der Waals surface area contributed by atoms with Gasteiger partial charge in [0.2, 0.25) is 11.8 Å². The van der Waals surface area contributed by atoms with Crippen molar-refractivity contribution in [2.24, 2.45) is 0 Å². The molecule has 6 nitrogen and oxygen atoms in total. The highest BCUT2D eigenvalue weighted by atomic mass is 32.2. The minimum atomic E-state index is -0.282. The van der Waals surface area contributed by atoms with E-state index in [1.54, 1.807) is 55.1 Å². The largest absolute Gasteiger partial charge is 0.326 e. The van der Waals surface area contributed by atoms with Crippen LogP contribution in [0.3, 0.4) is 0 Å². The van der Waals surface area contributed by atoms with Gasteiger partial charge in [0.1, 0.15) is 0 Å². The number of amides is 3. The molecule has 3 N–H and O–H groups in total. The van der Waals surface area contributed by atoms with E-state index >= 15 is 0 Å². The van der Waals surface area contributed by atoms with Crippen LogP contribution in [0.4, 0.5) is 17.1 Å². The van der Waals surface area contributed by atoms with Crippen LogP contribution in [-0.2, 0) is 9.59 Å². The predicted octanol–water partition coefficient (Wildman–Crippen LogP) is 3.72. The van der Waals surface area contributed by atoms with Crippen molar-refractivity contribution in [3.63, 3.8) is 0 Å². The van der Waals surface area contributed by atoms with Gasteiger partial charge in [0.25, 0.3) is 5.91 Å². The number of nitrogens with one attached hydrogen (secondary N) is 3. The lowest BCUT2D eigenvalue weighted by Gasteiger charge is -2.11. The molecule has 0 saturated heterocycles. The number of fused-ring (bicyclic) bond motifs is 1. The van der Waals surface area contributed by atoms with Crippen LogP contribution in [-0.4, -0.2) is 23.5 Å². The minimum absolute atomic E-state index is 0.0480. The van der Waals surface area contributed by atoms with Crippen molar-refractivity contribution in [2.75, 3.05) is 21.7 Å². The Hall–Kier alpha value is -2.80. The van der Waals surface area contributed by atoms with E-state index in [4.69, 9.17) is 0 Å². The van der Waals surface area contributed by atoms with Crippen molar-refractivity contribution in [1.82, 2.24) is 0 Å². The number of hydrogen-bond donors (Lipinski definition) is 3. The molecule has 0 unspecified atom stereocenters. The number of carbonyl (C=O) groups excluding carboxylic acids is 3. The molecular weight excluding hydrogens is 350 g/mol. The Morgan fingerprint density at radius 1 is 1.12 bits per heavy atom. The van der Waals surface area contributed by atoms with Gasteiger partial charge in [-0.25, -0.2) is 0 Å². The van der Waals surface area contributed by atoms with Crippen molar-refractivity contribution in [3.05, 3.63) is 48.0 Å². The Labute approximate surface area is 155 Å². The van der Waals surface area contributed by atoms with Crippen molar-refractivity contribution in [3.8, 4) is 0 Å². The smallest absolute Gasteiger partial charge is 0.255 e. The number of hydrogen-bond acceptors (Lipinski definition) is 4. The summed E-state index contributed by atoms with van der Waals surface area (Å²) in [6.45, 7) is 1.77. The first-order valence-electron chi connectivity index (χ1n) is 8.33. The van der Waals surface area contributed by atoms with E-state index < -0.39 is 0 Å². The highest BCUT2D eigenvalue weighted by Crippen LogP contribution is 2.31. The molecule has 0 radical (unpaired) electrons. The minimum Gasteiger partial charge on any atom is -0.326 e. The summed E-state index contributed by atoms with van der Waals surface area (Å²) in [5.74, 6) is 0.302. The SMILES string of the molecule is CCC(=O)Nc1cccc(NC(=O)c2ccc3c(c2)NC(=O)CCS3)c1. The van der Waals surface area contributed by atoms with Crippen LogP contribution < -0.4 is 16.0 Å². The zero-order valence-corrected chi connectivity index (χ0v) is 15.1. The lowest BCUT2D eigenvalue weighted by atomic mass is 10.1. The van der Waals surface area contributed by atoms with Crippen LogP contribution in [0.15, 0.2) is 47.4 Å². The van der Waals surface area contributed by atoms with Crippen LogP contribution in [0.5, 0.6) is 0 Å². The standard InChI is InChI=1S/C19H19N3O3S/c1-2-17(23)20-13-4-3-5-14(11-13)21-19(25)12-6-7-16-15(10-12)22-18(24)8-9-26-16/h3-7,10-11H,2,8-9H2,1H3,(H,20,23)(H,21,25)(H,22,24). The van der Waals surface area contributed by atoms with E-state index in [0.29, 0.717) is 35.5 Å². The maximum Gasteiger partial charge on any atom is 0.255 e. The predicted molar refractivity (Wildman–Crippen MR) is 104 cm³/mol. The van der Waals surface area contributed by atoms with Crippen LogP contribution in [0, 0.1) is 0 Å². The van der Waals surface area contributed by atoms with Gasteiger partial charge >= 0.3 is 0 Å². The Morgan fingerprint density at radius 2 is 1.88 bits per heavy atom. The van der Waals surface area contributed by atoms with Gasteiger partial charge in [-0.05, 0) is 36.4 Å². The van der Waals surface area contributed by atoms with Crippen molar-refractivity contribution in [1.29, 1.82) is 0 Å². The summed E-state index contributed by atoms with van der Waals surface area (Å²) in [5, 5.41) is 8.40. The van der Waals surface area contributed by atoms with Gasteiger partial charge < -0.3 is 16.0 Å². The van der Waals surface area contributed by atoms with Crippen molar-refractivity contribution < 1.29 is 14.4 Å². The molecule has 1 aliphatic heterocycles. The fraction of sp³-hybridized carbons (Fsp3) is 0.211. The third kappa shape index (κ3) is 4.43. The summed E-state index contributed by atoms with van der Waals surface area (Å²) in [4.78, 5) is 36.7. The van der Waals surface area contributed by atoms with Crippen molar-refractivity contribution >= 4 is 46.5 Å². The van der Waals surface area contributed by atoms with E-state index in [0.717, 1.165) is 10.6 Å². The van der Waals surface area contributed by atoms with E-state index in [1.165, 1.54) is 0 Å². The molecule has 26 heavy (non-hydrogen) atoms. The lowest BCUT2D eigenvalue weighted by molar-refractivity contribution is -0.116. The lowest BCUT2D eigenvalue weighted by Crippen LogP contribution is -2.14. The fourth-order valence-electron chi connectivity index (χ4n) is 2.49. The molecule has 0 atom stereocenters. The quantitative estimate of drug-likeness (QED) is 0.766. The maximum absolute atomic E-state index is 12.5. The van der Waals surface area contributed by atoms with E-state index in [1.807, 2.05) is 6.07 Å². The molecule has 2 aromatic carbocycles. The van der Waals surface area contributed by atoms with Crippen molar-refractivity contribution in [2.45, 2.75) is 24.7 Å². The molecule has 3 rings (SSSR count). The van der Waals surface area contributed by atoms with Gasteiger partial charge in [-0.15, -0.1) is 11.8 Å². The average Bonchev–Trinajstić information content (AvgIpc) is 2.81. The molecule has 3 amide bonds. The molecular formula is C19H19N3O3S. The topological polar surface area (TPSA) is 87.3 Å². The van der Waals surface area contributed by atoms with Crippen LogP contribution in [0.25, 0.3) is 0 Å². The molecule has 0 aromatic heterocycles. The molecule has 2 aromatic rings. The molecule has 0 bridgehead atoms. The summed E-state index contributed by atoms with van der Waals surface area (Å²) in [5.41, 5.74) is 2.32. The molecule has 134 valence electrons. The van der Waals surface area contributed by atoms with E-state index in [2.05, 4.69) is 16.0 Å². The Balaban J connectivity index is 1.75. The first-order chi connectivity index (χ1) is 12.5. The van der Waals surface area contributed by atoms with E-state index in [9.17, 15) is 14.4 Å². The first-order valence-corrected chi connectivity index (χ1v) is 9.31. The normalized spacial score (nSPS) is 13.2. The summed E-state index contributed by atoms with van der Waals surface area (Å²) in [6, 6.07) is 12.2. The molecule has 0 saturated carbocycles. The van der Waals surface area contributed by atoms with Gasteiger partial charge in [0.15, 0.2) is 0 Å². The highest BCUT2D eigenvalue weighted by molar-refractivity contribution is 7.99. The fourth-order valence-corrected chi connectivity index (χ4v) is 3.43. The van der Waals surface area contributed by atoms with Gasteiger partial charge in [-0.3, -0.25) is 14.4 Å². The summed E-state index contributed by atoms with van der Waals surface area (Å²) in [6.07, 6.45) is 0.840. The maximum atomic E-state index is 12.5. The second kappa shape index (κ2) is 8.05. The molecule has 7 heteroatoms. The monoisotopic (exact) mass is 369 g/mol. The zero-order chi connectivity index (χ0) is 18.5. The second-order valence-corrected chi connectivity index (χ2v) is 6.93. The van der Waals surface area contributed by atoms with Crippen LogP contribution >= 0.6 is 11.8 Å². The third-order valence-corrected chi connectivity index (χ3v) is 4.90. The summed E-state index contributed by atoms with van der Waals surface area (Å²) < 4.78 is 0. The van der Waals surface area contributed by atoms with Gasteiger partial charge in [0.05, 0.1) is 5.69 Å². The molecule has 1 aliphatic rings. The van der Waals surface area contributed by atoms with E-state index in [-0.39, 0.29) is 17.7 Å². The van der Waals surface area contributed by atoms with Gasteiger partial charge in [-0.2, -0.15) is 0 Å². The number of benzene rings is 2. The Morgan fingerprint density at radius 3 is 2.65 bits per heavy atom. The second-order valence-electron chi connectivity index (χ2n) is 5.79. The first kappa shape index (κ1) is 18.0. The number of rotatable bonds is 4. The molecule has 1 heterocycles. The number of anilines is 3. The molecule has 0 fully saturated rings. The van der Waals surface area contributed by atoms with Gasteiger partial charge in [-0.1, -0.05) is 13.0 Å². The average molecular weight is 369 g/mol. The third-order valence-electron chi connectivity index (χ3n) is 3.83. The number of carbonyl (C=O) groups is 3. The zero-order valence-electron chi connectivity index (χ0n) is 14.3. The number of thioether (sulfide) groups is 1.